The molecule has 1 aromatic rings. The highest BCUT2D eigenvalue weighted by Crippen LogP contribution is 2.15. The van der Waals surface area contributed by atoms with Crippen molar-refractivity contribution in [3.8, 4) is 0 Å². The summed E-state index contributed by atoms with van der Waals surface area (Å²) in [6.07, 6.45) is 0.955. The van der Waals surface area contributed by atoms with Gasteiger partial charge < -0.3 is 10.6 Å². The zero-order chi connectivity index (χ0) is 15.2. The molecule has 0 aliphatic rings. The molecule has 1 atom stereocenters. The van der Waals surface area contributed by atoms with E-state index >= 15 is 0 Å². The number of hydrogen-bond donors (Lipinski definition) is 2. The Labute approximate surface area is 120 Å². The lowest BCUT2D eigenvalue weighted by Gasteiger charge is -2.11. The number of rotatable bonds is 7. The zero-order valence-corrected chi connectivity index (χ0v) is 13.0. The van der Waals surface area contributed by atoms with Gasteiger partial charge in [-0.2, -0.15) is 0 Å². The van der Waals surface area contributed by atoms with E-state index in [0.29, 0.717) is 5.69 Å². The van der Waals surface area contributed by atoms with Crippen LogP contribution in [0.2, 0.25) is 0 Å². The number of benzene rings is 1. The third kappa shape index (κ3) is 4.94. The first kappa shape index (κ1) is 16.7. The fourth-order valence-corrected chi connectivity index (χ4v) is 2.41. The monoisotopic (exact) mass is 298 g/mol. The van der Waals surface area contributed by atoms with Crippen molar-refractivity contribution in [1.82, 2.24) is 5.32 Å². The highest BCUT2D eigenvalue weighted by Gasteiger charge is 2.11. The van der Waals surface area contributed by atoms with Crippen molar-refractivity contribution in [3.63, 3.8) is 0 Å². The topological polar surface area (TPSA) is 75.3 Å². The lowest BCUT2D eigenvalue weighted by atomic mass is 10.2. The standard InChI is InChI=1S/C14H22N2O3S/c1-4-11(3)15-10-14(17)16-12-6-8-13(9-7-12)20(18,19)5-2/h6-9,11,15H,4-5,10H2,1-3H3,(H,16,17). The lowest BCUT2D eigenvalue weighted by Crippen LogP contribution is -2.33. The maximum absolute atomic E-state index is 11.7. The van der Waals surface area contributed by atoms with Crippen molar-refractivity contribution in [3.05, 3.63) is 24.3 Å². The van der Waals surface area contributed by atoms with E-state index in [4.69, 9.17) is 0 Å². The average Bonchev–Trinajstić information content (AvgIpc) is 2.45. The summed E-state index contributed by atoms with van der Waals surface area (Å²) in [4.78, 5) is 12.0. The molecule has 1 amide bonds. The molecule has 20 heavy (non-hydrogen) atoms. The molecule has 0 spiro atoms. The number of nitrogens with one attached hydrogen (secondary N) is 2. The SMILES string of the molecule is CCC(C)NCC(=O)Nc1ccc(S(=O)(=O)CC)cc1. The summed E-state index contributed by atoms with van der Waals surface area (Å²) in [7, 11) is -3.19. The number of anilines is 1. The van der Waals surface area contributed by atoms with E-state index in [-0.39, 0.29) is 29.1 Å². The van der Waals surface area contributed by atoms with Gasteiger partial charge in [-0.15, -0.1) is 0 Å². The minimum atomic E-state index is -3.19. The van der Waals surface area contributed by atoms with Crippen LogP contribution in [0.15, 0.2) is 29.2 Å². The Morgan fingerprint density at radius 1 is 1.20 bits per heavy atom. The van der Waals surface area contributed by atoms with Gasteiger partial charge in [0.15, 0.2) is 9.84 Å². The van der Waals surface area contributed by atoms with Crippen molar-refractivity contribution < 1.29 is 13.2 Å². The minimum absolute atomic E-state index is 0.0670. The lowest BCUT2D eigenvalue weighted by molar-refractivity contribution is -0.115. The maximum atomic E-state index is 11.7. The zero-order valence-electron chi connectivity index (χ0n) is 12.1. The molecule has 0 heterocycles. The number of amides is 1. The molecule has 0 aliphatic heterocycles. The number of sulfone groups is 1. The number of hydrogen-bond acceptors (Lipinski definition) is 4. The normalized spacial score (nSPS) is 12.9. The summed E-state index contributed by atoms with van der Waals surface area (Å²) in [5, 5.41) is 5.81. The fourth-order valence-electron chi connectivity index (χ4n) is 1.53. The second-order valence-corrected chi connectivity index (χ2v) is 6.94. The van der Waals surface area contributed by atoms with Gasteiger partial charge in [0.1, 0.15) is 0 Å². The van der Waals surface area contributed by atoms with Gasteiger partial charge in [-0.25, -0.2) is 8.42 Å². The number of carbonyl (C=O) groups is 1. The van der Waals surface area contributed by atoms with E-state index in [0.717, 1.165) is 6.42 Å². The molecule has 112 valence electrons. The highest BCUT2D eigenvalue weighted by atomic mass is 32.2. The third-order valence-electron chi connectivity index (χ3n) is 3.10. The van der Waals surface area contributed by atoms with Crippen molar-refractivity contribution in [2.45, 2.75) is 38.1 Å². The van der Waals surface area contributed by atoms with Crippen LogP contribution in [0, 0.1) is 0 Å². The molecule has 6 heteroatoms. The first-order valence-electron chi connectivity index (χ1n) is 6.75. The van der Waals surface area contributed by atoms with Crippen molar-refractivity contribution in [2.75, 3.05) is 17.6 Å². The third-order valence-corrected chi connectivity index (χ3v) is 4.85. The first-order valence-corrected chi connectivity index (χ1v) is 8.40. The molecule has 1 rings (SSSR count). The Morgan fingerprint density at radius 3 is 2.30 bits per heavy atom. The molecule has 0 saturated carbocycles. The summed E-state index contributed by atoms with van der Waals surface area (Å²) in [6, 6.07) is 6.51. The van der Waals surface area contributed by atoms with Crippen molar-refractivity contribution >= 4 is 21.4 Å². The number of carbonyl (C=O) groups excluding carboxylic acids is 1. The maximum Gasteiger partial charge on any atom is 0.238 e. The van der Waals surface area contributed by atoms with E-state index < -0.39 is 9.84 Å². The van der Waals surface area contributed by atoms with Crippen LogP contribution in [0.4, 0.5) is 5.69 Å². The van der Waals surface area contributed by atoms with Gasteiger partial charge in [0.2, 0.25) is 5.91 Å². The smallest absolute Gasteiger partial charge is 0.238 e. The van der Waals surface area contributed by atoms with E-state index in [9.17, 15) is 13.2 Å². The molecule has 0 bridgehead atoms. The predicted octanol–water partition coefficient (Wildman–Crippen LogP) is 1.81. The molecule has 1 aromatic carbocycles. The van der Waals surface area contributed by atoms with Gasteiger partial charge in [0.25, 0.3) is 0 Å². The van der Waals surface area contributed by atoms with Crippen LogP contribution in [0.5, 0.6) is 0 Å². The van der Waals surface area contributed by atoms with Gasteiger partial charge in [-0.3, -0.25) is 4.79 Å². The van der Waals surface area contributed by atoms with E-state index in [1.165, 1.54) is 12.1 Å². The Hall–Kier alpha value is -1.40. The molecule has 2 N–H and O–H groups in total. The molecule has 0 radical (unpaired) electrons. The van der Waals surface area contributed by atoms with Gasteiger partial charge in [-0.05, 0) is 37.6 Å². The van der Waals surface area contributed by atoms with Crippen LogP contribution in [0.1, 0.15) is 27.2 Å². The molecule has 0 saturated heterocycles. The molecule has 5 nitrogen and oxygen atoms in total. The molecular formula is C14H22N2O3S. The summed E-state index contributed by atoms with van der Waals surface area (Å²) in [6.45, 7) is 5.90. The Kier molecular flexibility index (Phi) is 6.16. The van der Waals surface area contributed by atoms with Gasteiger partial charge in [-0.1, -0.05) is 13.8 Å². The molecule has 0 fully saturated rings. The quantitative estimate of drug-likeness (QED) is 0.805. The Balaban J connectivity index is 2.60. The Morgan fingerprint density at radius 2 is 1.80 bits per heavy atom. The second kappa shape index (κ2) is 7.40. The minimum Gasteiger partial charge on any atom is -0.325 e. The fraction of sp³-hybridized carbons (Fsp3) is 0.500. The average molecular weight is 298 g/mol. The van der Waals surface area contributed by atoms with E-state index in [1.54, 1.807) is 19.1 Å². The van der Waals surface area contributed by atoms with E-state index in [2.05, 4.69) is 10.6 Å². The van der Waals surface area contributed by atoms with Crippen LogP contribution >= 0.6 is 0 Å². The Bertz CT molecular complexity index is 538. The second-order valence-electron chi connectivity index (χ2n) is 4.67. The largest absolute Gasteiger partial charge is 0.325 e. The van der Waals surface area contributed by atoms with Crippen molar-refractivity contribution in [2.24, 2.45) is 0 Å². The van der Waals surface area contributed by atoms with Crippen LogP contribution < -0.4 is 10.6 Å². The predicted molar refractivity (Wildman–Crippen MR) is 80.6 cm³/mol. The summed E-state index contributed by atoms with van der Waals surface area (Å²) in [5.74, 6) is -0.0752. The summed E-state index contributed by atoms with van der Waals surface area (Å²) >= 11 is 0. The van der Waals surface area contributed by atoms with E-state index in [1.807, 2.05) is 13.8 Å². The molecule has 1 unspecified atom stereocenters. The van der Waals surface area contributed by atoms with Crippen LogP contribution in [-0.4, -0.2) is 32.7 Å². The molecule has 0 aliphatic carbocycles. The van der Waals surface area contributed by atoms with Gasteiger partial charge >= 0.3 is 0 Å². The highest BCUT2D eigenvalue weighted by molar-refractivity contribution is 7.91. The van der Waals surface area contributed by atoms with Gasteiger partial charge in [0.05, 0.1) is 17.2 Å². The molecule has 0 aromatic heterocycles. The summed E-state index contributed by atoms with van der Waals surface area (Å²) < 4.78 is 23.3. The van der Waals surface area contributed by atoms with Crippen LogP contribution in [-0.2, 0) is 14.6 Å². The van der Waals surface area contributed by atoms with Crippen molar-refractivity contribution in [1.29, 1.82) is 0 Å². The molecular weight excluding hydrogens is 276 g/mol. The van der Waals surface area contributed by atoms with Gasteiger partial charge in [0, 0.05) is 11.7 Å². The van der Waals surface area contributed by atoms with Crippen LogP contribution in [0.25, 0.3) is 0 Å². The first-order chi connectivity index (χ1) is 9.39. The summed E-state index contributed by atoms with van der Waals surface area (Å²) in [5.41, 5.74) is 0.594. The van der Waals surface area contributed by atoms with Crippen LogP contribution in [0.3, 0.4) is 0 Å².